The Bertz CT molecular complexity index is 865. The van der Waals surface area contributed by atoms with Crippen molar-refractivity contribution in [3.05, 3.63) is 47.5 Å². The van der Waals surface area contributed by atoms with Crippen molar-refractivity contribution in [2.45, 2.75) is 83.4 Å². The largest absolute Gasteiger partial charge is 0.409 e. The Labute approximate surface area is 183 Å². The maximum atomic E-state index is 14.0. The van der Waals surface area contributed by atoms with E-state index in [2.05, 4.69) is 12.3 Å². The Balaban J connectivity index is 1.74. The summed E-state index contributed by atoms with van der Waals surface area (Å²) in [6.07, 6.45) is 6.28. The van der Waals surface area contributed by atoms with Gasteiger partial charge in [0.15, 0.2) is 6.04 Å². The van der Waals surface area contributed by atoms with Gasteiger partial charge in [-0.1, -0.05) is 88.3 Å². The first-order valence-electron chi connectivity index (χ1n) is 11.5. The molecule has 170 valence electrons. The summed E-state index contributed by atoms with van der Waals surface area (Å²) in [6, 6.07) is 8.93. The van der Waals surface area contributed by atoms with Gasteiger partial charge < -0.3 is 0 Å². The van der Waals surface area contributed by atoms with Gasteiger partial charge in [0.2, 0.25) is 5.91 Å². The minimum Gasteiger partial charge on any atom is -0.288 e. The number of nitrogens with zero attached hydrogens (tertiary/aromatic N) is 1. The molecule has 1 aliphatic heterocycles. The van der Waals surface area contributed by atoms with Crippen molar-refractivity contribution in [1.29, 1.82) is 0 Å². The standard InChI is InChI=1S/C25H33F3N2O/c1-2-3-4-5-6-7-8-9-12-19-15-16-22(21-14-11-10-13-20(19)21)24(25(26,27)28)30-18-17-23(31)29-30/h10-11,13-16,24H,2-9,12,17-18H2,1H3,(H,29,31)/t24-/m0/s1. The molecular weight excluding hydrogens is 401 g/mol. The highest BCUT2D eigenvalue weighted by Gasteiger charge is 2.47. The molecule has 0 unspecified atom stereocenters. The van der Waals surface area contributed by atoms with E-state index in [0.29, 0.717) is 5.39 Å². The molecule has 6 heteroatoms. The number of carbonyl (C=O) groups is 1. The molecule has 0 saturated carbocycles. The molecule has 3 nitrogen and oxygen atoms in total. The van der Waals surface area contributed by atoms with Gasteiger partial charge in [0.1, 0.15) is 0 Å². The van der Waals surface area contributed by atoms with Gasteiger partial charge in [-0.3, -0.25) is 10.2 Å². The van der Waals surface area contributed by atoms with Gasteiger partial charge >= 0.3 is 6.18 Å². The lowest BCUT2D eigenvalue weighted by Crippen LogP contribution is -2.43. The normalized spacial score (nSPS) is 16.1. The molecule has 1 amide bonds. The van der Waals surface area contributed by atoms with E-state index in [0.717, 1.165) is 35.2 Å². The molecule has 0 aromatic heterocycles. The minimum absolute atomic E-state index is 0.0529. The van der Waals surface area contributed by atoms with E-state index >= 15 is 0 Å². The molecule has 2 aromatic carbocycles. The number of carbonyl (C=O) groups excluding carboxylic acids is 1. The zero-order valence-electron chi connectivity index (χ0n) is 18.3. The summed E-state index contributed by atoms with van der Waals surface area (Å²) in [7, 11) is 0. The van der Waals surface area contributed by atoms with Gasteiger partial charge in [-0.05, 0) is 34.7 Å². The quantitative estimate of drug-likeness (QED) is 0.392. The molecule has 2 aromatic rings. The third kappa shape index (κ3) is 6.22. The van der Waals surface area contributed by atoms with E-state index < -0.39 is 12.2 Å². The van der Waals surface area contributed by atoms with E-state index in [1.54, 1.807) is 18.2 Å². The number of hydrazine groups is 1. The average molecular weight is 435 g/mol. The lowest BCUT2D eigenvalue weighted by atomic mass is 9.92. The maximum Gasteiger partial charge on any atom is 0.409 e. The fourth-order valence-electron chi connectivity index (χ4n) is 4.50. The van der Waals surface area contributed by atoms with Gasteiger partial charge in [-0.25, -0.2) is 5.01 Å². The lowest BCUT2D eigenvalue weighted by Gasteiger charge is -2.30. The number of rotatable bonds is 11. The minimum atomic E-state index is -4.49. The molecule has 3 rings (SSSR count). The van der Waals surface area contributed by atoms with Crippen molar-refractivity contribution in [2.75, 3.05) is 6.54 Å². The average Bonchev–Trinajstić information content (AvgIpc) is 3.15. The predicted molar refractivity (Wildman–Crippen MR) is 119 cm³/mol. The number of benzene rings is 2. The van der Waals surface area contributed by atoms with Crippen LogP contribution in [-0.2, 0) is 11.2 Å². The van der Waals surface area contributed by atoms with Gasteiger partial charge in [-0.15, -0.1) is 0 Å². The molecule has 1 saturated heterocycles. The zero-order chi connectivity index (χ0) is 22.3. The number of alkyl halides is 3. The lowest BCUT2D eigenvalue weighted by molar-refractivity contribution is -0.190. The van der Waals surface area contributed by atoms with Crippen LogP contribution in [0.5, 0.6) is 0 Å². The van der Waals surface area contributed by atoms with Crippen molar-refractivity contribution in [3.63, 3.8) is 0 Å². The molecule has 1 fully saturated rings. The summed E-state index contributed by atoms with van der Waals surface area (Å²) in [4.78, 5) is 11.6. The highest BCUT2D eigenvalue weighted by molar-refractivity contribution is 5.89. The Hall–Kier alpha value is -2.08. The van der Waals surface area contributed by atoms with Crippen LogP contribution in [0.1, 0.15) is 81.9 Å². The van der Waals surface area contributed by atoms with Gasteiger partial charge in [0.05, 0.1) is 0 Å². The molecule has 1 aliphatic rings. The van der Waals surface area contributed by atoms with Gasteiger partial charge in [0.25, 0.3) is 0 Å². The van der Waals surface area contributed by atoms with Gasteiger partial charge in [-0.2, -0.15) is 13.2 Å². The first kappa shape index (κ1) is 23.6. The fraction of sp³-hybridized carbons (Fsp3) is 0.560. The Kier molecular flexibility index (Phi) is 8.35. The van der Waals surface area contributed by atoms with Crippen LogP contribution in [-0.4, -0.2) is 23.6 Å². The number of amides is 1. The molecule has 1 N–H and O–H groups in total. The van der Waals surface area contributed by atoms with E-state index in [1.807, 2.05) is 18.2 Å². The summed E-state index contributed by atoms with van der Waals surface area (Å²) < 4.78 is 42.1. The molecule has 1 heterocycles. The maximum absolute atomic E-state index is 14.0. The number of halogens is 3. The van der Waals surface area contributed by atoms with Crippen LogP contribution in [0.3, 0.4) is 0 Å². The van der Waals surface area contributed by atoms with Crippen LogP contribution < -0.4 is 5.43 Å². The summed E-state index contributed by atoms with van der Waals surface area (Å²) in [5.74, 6) is -0.370. The van der Waals surface area contributed by atoms with Crippen molar-refractivity contribution in [2.24, 2.45) is 0 Å². The highest BCUT2D eigenvalue weighted by Crippen LogP contribution is 2.41. The van der Waals surface area contributed by atoms with E-state index in [4.69, 9.17) is 0 Å². The number of unbranched alkanes of at least 4 members (excludes halogenated alkanes) is 7. The number of hydrogen-bond donors (Lipinski definition) is 1. The zero-order valence-corrected chi connectivity index (χ0v) is 18.3. The van der Waals surface area contributed by atoms with Crippen molar-refractivity contribution >= 4 is 16.7 Å². The summed E-state index contributed by atoms with van der Waals surface area (Å²) >= 11 is 0. The topological polar surface area (TPSA) is 32.3 Å². The second-order valence-corrected chi connectivity index (χ2v) is 8.51. The molecule has 31 heavy (non-hydrogen) atoms. The Morgan fingerprint density at radius 1 is 0.935 bits per heavy atom. The first-order chi connectivity index (χ1) is 14.9. The van der Waals surface area contributed by atoms with Crippen LogP contribution in [0.4, 0.5) is 13.2 Å². The van der Waals surface area contributed by atoms with Crippen LogP contribution in [0.15, 0.2) is 36.4 Å². The van der Waals surface area contributed by atoms with E-state index in [1.165, 1.54) is 38.5 Å². The molecular formula is C25H33F3N2O. The third-order valence-corrected chi connectivity index (χ3v) is 6.11. The third-order valence-electron chi connectivity index (χ3n) is 6.11. The number of hydrogen-bond acceptors (Lipinski definition) is 2. The van der Waals surface area contributed by atoms with Crippen molar-refractivity contribution in [1.82, 2.24) is 10.4 Å². The first-order valence-corrected chi connectivity index (χ1v) is 11.5. The molecule has 0 spiro atoms. The monoisotopic (exact) mass is 434 g/mol. The smallest absolute Gasteiger partial charge is 0.288 e. The summed E-state index contributed by atoms with van der Waals surface area (Å²) in [5, 5.41) is 2.52. The SMILES string of the molecule is CCCCCCCCCCc1ccc([C@H](N2CCC(=O)N2)C(F)(F)F)c2ccccc12. The van der Waals surface area contributed by atoms with E-state index in [9.17, 15) is 18.0 Å². The van der Waals surface area contributed by atoms with Crippen LogP contribution in [0, 0.1) is 0 Å². The Morgan fingerprint density at radius 2 is 1.58 bits per heavy atom. The Morgan fingerprint density at radius 3 is 2.19 bits per heavy atom. The number of fused-ring (bicyclic) bond motifs is 1. The molecule has 0 radical (unpaired) electrons. The van der Waals surface area contributed by atoms with Crippen LogP contribution in [0.25, 0.3) is 10.8 Å². The van der Waals surface area contributed by atoms with Crippen molar-refractivity contribution < 1.29 is 18.0 Å². The second-order valence-electron chi connectivity index (χ2n) is 8.51. The summed E-state index contributed by atoms with van der Waals surface area (Å²) in [5.41, 5.74) is 3.67. The van der Waals surface area contributed by atoms with Gasteiger partial charge in [0, 0.05) is 13.0 Å². The highest BCUT2D eigenvalue weighted by atomic mass is 19.4. The van der Waals surface area contributed by atoms with Crippen LogP contribution >= 0.6 is 0 Å². The molecule has 1 atom stereocenters. The predicted octanol–water partition coefficient (Wildman–Crippen LogP) is 6.86. The summed E-state index contributed by atoms with van der Waals surface area (Å²) in [6.45, 7) is 2.27. The second kappa shape index (κ2) is 11.0. The van der Waals surface area contributed by atoms with Crippen LogP contribution in [0.2, 0.25) is 0 Å². The number of nitrogens with one attached hydrogen (secondary N) is 1. The number of aryl methyl sites for hydroxylation is 1. The fourth-order valence-corrected chi connectivity index (χ4v) is 4.50. The van der Waals surface area contributed by atoms with Crippen molar-refractivity contribution in [3.8, 4) is 0 Å². The molecule has 0 bridgehead atoms. The molecule has 0 aliphatic carbocycles. The van der Waals surface area contributed by atoms with E-state index in [-0.39, 0.29) is 24.4 Å².